The maximum atomic E-state index is 14.1. The number of alkyl halides is 6. The molecule has 1 unspecified atom stereocenters. The third kappa shape index (κ3) is 7.74. The van der Waals surface area contributed by atoms with Crippen LogP contribution in [0.3, 0.4) is 0 Å². The van der Waals surface area contributed by atoms with Gasteiger partial charge in [0.1, 0.15) is 17.4 Å². The first-order chi connectivity index (χ1) is 20.8. The number of aryl methyl sites for hydroxylation is 1. The van der Waals surface area contributed by atoms with Crippen molar-refractivity contribution >= 4 is 28.6 Å². The molecule has 2 heterocycles. The molecule has 1 amide bonds. The summed E-state index contributed by atoms with van der Waals surface area (Å²) >= 11 is -0.912. The van der Waals surface area contributed by atoms with Crippen LogP contribution in [-0.2, 0) is 33.7 Å². The van der Waals surface area contributed by atoms with Crippen molar-refractivity contribution in [3.63, 3.8) is 0 Å². The Hall–Kier alpha value is -3.32. The van der Waals surface area contributed by atoms with Gasteiger partial charge in [0.25, 0.3) is 0 Å². The molecule has 0 spiro atoms. The van der Waals surface area contributed by atoms with Crippen LogP contribution in [0.15, 0.2) is 48.7 Å². The molecule has 244 valence electrons. The predicted octanol–water partition coefficient (Wildman–Crippen LogP) is 7.77. The summed E-state index contributed by atoms with van der Waals surface area (Å²) in [7, 11) is 1.37. The van der Waals surface area contributed by atoms with Crippen LogP contribution in [0.5, 0.6) is 0 Å². The van der Waals surface area contributed by atoms with Gasteiger partial charge in [-0.25, -0.2) is 9.37 Å². The minimum atomic E-state index is -5.07. The zero-order valence-electron chi connectivity index (χ0n) is 25.4. The molecular formula is C32H34F7N3O2S. The van der Waals surface area contributed by atoms with Crippen molar-refractivity contribution < 1.29 is 40.1 Å². The molecule has 1 fully saturated rings. The van der Waals surface area contributed by atoms with Crippen LogP contribution in [0.1, 0.15) is 48.9 Å². The van der Waals surface area contributed by atoms with Gasteiger partial charge in [0.2, 0.25) is 5.91 Å². The fourth-order valence-electron chi connectivity index (χ4n) is 5.65. The molecule has 45 heavy (non-hydrogen) atoms. The van der Waals surface area contributed by atoms with E-state index in [4.69, 9.17) is 0 Å². The molecule has 2 aromatic carbocycles. The number of hydrogen-bond acceptors (Lipinski definition) is 4. The number of piperidine rings is 1. The van der Waals surface area contributed by atoms with E-state index in [1.165, 1.54) is 39.2 Å². The molecule has 1 atom stereocenters. The van der Waals surface area contributed by atoms with Crippen molar-refractivity contribution in [3.05, 3.63) is 76.7 Å². The number of benzene rings is 2. The van der Waals surface area contributed by atoms with Crippen LogP contribution in [0, 0.1) is 18.7 Å². The van der Waals surface area contributed by atoms with Gasteiger partial charge < -0.3 is 14.4 Å². The second kappa shape index (κ2) is 12.8. The Labute approximate surface area is 260 Å². The van der Waals surface area contributed by atoms with E-state index in [0.29, 0.717) is 59.4 Å². The minimum Gasteiger partial charge on any atom is -0.617 e. The Balaban J connectivity index is 1.76. The van der Waals surface area contributed by atoms with Gasteiger partial charge >= 0.3 is 12.4 Å². The van der Waals surface area contributed by atoms with Gasteiger partial charge in [-0.15, -0.1) is 0 Å². The molecule has 13 heteroatoms. The summed E-state index contributed by atoms with van der Waals surface area (Å²) in [6.07, 6.45) is -5.44. The van der Waals surface area contributed by atoms with Crippen molar-refractivity contribution in [3.8, 4) is 11.1 Å². The van der Waals surface area contributed by atoms with Gasteiger partial charge in [0.05, 0.1) is 34.7 Å². The molecule has 5 nitrogen and oxygen atoms in total. The Morgan fingerprint density at radius 2 is 1.51 bits per heavy atom. The van der Waals surface area contributed by atoms with Crippen LogP contribution in [-0.4, -0.2) is 47.6 Å². The molecule has 3 aromatic rings. The minimum absolute atomic E-state index is 0.0241. The highest BCUT2D eigenvalue weighted by Gasteiger charge is 2.41. The van der Waals surface area contributed by atoms with E-state index in [-0.39, 0.29) is 11.8 Å². The second-order valence-corrected chi connectivity index (χ2v) is 13.5. The number of nitrogens with zero attached hydrogens (tertiary/aromatic N) is 3. The summed E-state index contributed by atoms with van der Waals surface area (Å²) < 4.78 is 107. The zero-order chi connectivity index (χ0) is 33.5. The highest BCUT2D eigenvalue weighted by atomic mass is 32.2. The van der Waals surface area contributed by atoms with Gasteiger partial charge in [-0.3, -0.25) is 4.79 Å². The summed E-state index contributed by atoms with van der Waals surface area (Å²) in [5.41, 5.74) is -3.47. The highest BCUT2D eigenvalue weighted by Crippen LogP contribution is 2.41. The number of carbonyl (C=O) groups is 1. The Morgan fingerprint density at radius 1 is 0.956 bits per heavy atom. The molecule has 0 aliphatic carbocycles. The zero-order valence-corrected chi connectivity index (χ0v) is 26.3. The lowest BCUT2D eigenvalue weighted by Gasteiger charge is -2.34. The van der Waals surface area contributed by atoms with E-state index in [1.54, 1.807) is 25.3 Å². The quantitative estimate of drug-likeness (QED) is 0.193. The molecule has 0 saturated carbocycles. The third-order valence-corrected chi connectivity index (χ3v) is 9.21. The maximum absolute atomic E-state index is 14.1. The first-order valence-electron chi connectivity index (χ1n) is 14.2. The summed E-state index contributed by atoms with van der Waals surface area (Å²) in [6, 6.07) is 7.02. The Morgan fingerprint density at radius 3 is 2.02 bits per heavy atom. The Kier molecular flexibility index (Phi) is 9.84. The standard InChI is InChI=1S/C32H34F7N3O2S/c1-19-12-24(33)6-7-25(19)26-16-28(42-10-8-20(9-11-42)18-45(5)44)40-17-27(26)41(4)29(43)30(2,3)21-13-22(31(34,35)36)15-23(14-21)32(37,38)39/h6-7,12-17,20H,8-11,18H2,1-5H3. The van der Waals surface area contributed by atoms with Crippen LogP contribution >= 0.6 is 0 Å². The van der Waals surface area contributed by atoms with E-state index >= 15 is 0 Å². The van der Waals surface area contributed by atoms with Gasteiger partial charge in [-0.1, -0.05) is 17.2 Å². The molecule has 1 aromatic heterocycles. The Bertz CT molecular complexity index is 1520. The van der Waals surface area contributed by atoms with Crippen molar-refractivity contribution in [2.24, 2.45) is 5.92 Å². The SMILES string of the molecule is Cc1cc(F)ccc1-c1cc(N2CCC(C[S+](C)[O-])CC2)ncc1N(C)C(=O)C(C)(C)c1cc(C(F)(F)F)cc(C(F)(F)F)c1. The lowest BCUT2D eigenvalue weighted by Crippen LogP contribution is -2.42. The lowest BCUT2D eigenvalue weighted by atomic mass is 9.81. The van der Waals surface area contributed by atoms with E-state index in [9.17, 15) is 40.1 Å². The summed E-state index contributed by atoms with van der Waals surface area (Å²) in [5, 5.41) is 0. The van der Waals surface area contributed by atoms with Gasteiger partial charge in [-0.05, 0) is 86.7 Å². The van der Waals surface area contributed by atoms with E-state index in [1.807, 2.05) is 4.90 Å². The van der Waals surface area contributed by atoms with Crippen molar-refractivity contribution in [2.75, 3.05) is 41.9 Å². The van der Waals surface area contributed by atoms with Crippen LogP contribution in [0.4, 0.5) is 42.2 Å². The number of anilines is 2. The molecule has 1 saturated heterocycles. The lowest BCUT2D eigenvalue weighted by molar-refractivity contribution is -0.143. The molecule has 1 aliphatic rings. The summed E-state index contributed by atoms with van der Waals surface area (Å²) in [4.78, 5) is 21.7. The number of halogens is 7. The van der Waals surface area contributed by atoms with E-state index < -0.39 is 57.4 Å². The fourth-order valence-corrected chi connectivity index (χ4v) is 6.65. The number of likely N-dealkylation sites (N-methyl/N-ethyl adjacent to an activating group) is 1. The third-order valence-electron chi connectivity index (χ3n) is 8.27. The van der Waals surface area contributed by atoms with E-state index in [2.05, 4.69) is 4.98 Å². The second-order valence-electron chi connectivity index (χ2n) is 12.0. The van der Waals surface area contributed by atoms with Gasteiger partial charge in [0, 0.05) is 31.6 Å². The molecule has 0 bridgehead atoms. The monoisotopic (exact) mass is 657 g/mol. The molecule has 0 N–H and O–H groups in total. The number of hydrogen-bond donors (Lipinski definition) is 0. The largest absolute Gasteiger partial charge is 0.617 e. The maximum Gasteiger partial charge on any atom is 0.416 e. The number of pyridine rings is 1. The number of rotatable bonds is 7. The summed E-state index contributed by atoms with van der Waals surface area (Å²) in [5.74, 6) is 0.252. The average Bonchev–Trinajstić information content (AvgIpc) is 2.95. The number of carbonyl (C=O) groups excluding carboxylic acids is 1. The molecular weight excluding hydrogens is 623 g/mol. The van der Waals surface area contributed by atoms with Gasteiger partial charge in [0.15, 0.2) is 0 Å². The average molecular weight is 658 g/mol. The van der Waals surface area contributed by atoms with Crippen LogP contribution in [0.25, 0.3) is 11.1 Å². The molecule has 1 aliphatic heterocycles. The van der Waals surface area contributed by atoms with Crippen LogP contribution < -0.4 is 9.80 Å². The normalized spacial score (nSPS) is 15.7. The van der Waals surface area contributed by atoms with Crippen molar-refractivity contribution in [2.45, 2.75) is 51.4 Å². The van der Waals surface area contributed by atoms with E-state index in [0.717, 1.165) is 17.7 Å². The molecule has 0 radical (unpaired) electrons. The smallest absolute Gasteiger partial charge is 0.416 e. The predicted molar refractivity (Wildman–Crippen MR) is 161 cm³/mol. The summed E-state index contributed by atoms with van der Waals surface area (Å²) in [6.45, 7) is 5.51. The number of amides is 1. The molecule has 4 rings (SSSR count). The van der Waals surface area contributed by atoms with Crippen molar-refractivity contribution in [1.82, 2.24) is 4.98 Å². The van der Waals surface area contributed by atoms with Crippen molar-refractivity contribution in [1.29, 1.82) is 0 Å². The first kappa shape index (κ1) is 34.6. The highest BCUT2D eigenvalue weighted by molar-refractivity contribution is 7.90. The first-order valence-corrected chi connectivity index (χ1v) is 15.9. The number of aromatic nitrogens is 1. The topological polar surface area (TPSA) is 59.5 Å². The fraction of sp³-hybridized carbons (Fsp3) is 0.438. The van der Waals surface area contributed by atoms with Crippen LogP contribution in [0.2, 0.25) is 0 Å². The van der Waals surface area contributed by atoms with Gasteiger partial charge in [-0.2, -0.15) is 26.3 Å².